The third kappa shape index (κ3) is 5.30. The van der Waals surface area contributed by atoms with E-state index in [1.165, 1.54) is 56.9 Å². The van der Waals surface area contributed by atoms with Gasteiger partial charge in [-0.15, -0.1) is 0 Å². The molecule has 3 rings (SSSR count). The summed E-state index contributed by atoms with van der Waals surface area (Å²) in [4.78, 5) is 0. The second-order valence-electron chi connectivity index (χ2n) is 7.71. The number of allylic oxidation sites excluding steroid dienone is 4. The SMILES string of the molecule is N#CC=C[C@H]1CC[C@H](/C=C/[C@H]2CC[C@H](c3ccc(F)cc3)CC2)CC1. The number of benzene rings is 1. The van der Waals surface area contributed by atoms with Crippen LogP contribution in [0.2, 0.25) is 0 Å². The molecule has 2 saturated carbocycles. The minimum absolute atomic E-state index is 0.141. The number of halogens is 1. The monoisotopic (exact) mass is 337 g/mol. The molecule has 1 aromatic rings. The molecule has 0 amide bonds. The van der Waals surface area contributed by atoms with Crippen molar-refractivity contribution in [2.24, 2.45) is 17.8 Å². The minimum atomic E-state index is -0.141. The van der Waals surface area contributed by atoms with Gasteiger partial charge in [0.1, 0.15) is 5.82 Å². The lowest BCUT2D eigenvalue weighted by Crippen LogP contribution is -2.14. The maximum Gasteiger partial charge on any atom is 0.123 e. The Hall–Kier alpha value is -1.88. The Morgan fingerprint density at radius 1 is 0.760 bits per heavy atom. The van der Waals surface area contributed by atoms with Gasteiger partial charge in [-0.25, -0.2) is 4.39 Å². The van der Waals surface area contributed by atoms with Crippen LogP contribution in [0.4, 0.5) is 4.39 Å². The van der Waals surface area contributed by atoms with Crippen LogP contribution in [0, 0.1) is 34.9 Å². The molecule has 0 atom stereocenters. The number of rotatable bonds is 4. The van der Waals surface area contributed by atoms with E-state index in [0.717, 1.165) is 5.92 Å². The molecule has 0 N–H and O–H groups in total. The molecule has 2 fully saturated rings. The van der Waals surface area contributed by atoms with Gasteiger partial charge in [0.2, 0.25) is 0 Å². The van der Waals surface area contributed by atoms with Gasteiger partial charge in [-0.2, -0.15) is 5.26 Å². The fourth-order valence-electron chi connectivity index (χ4n) is 4.40. The van der Waals surface area contributed by atoms with E-state index in [9.17, 15) is 4.39 Å². The number of nitriles is 1. The highest BCUT2D eigenvalue weighted by atomic mass is 19.1. The van der Waals surface area contributed by atoms with Crippen LogP contribution in [0.3, 0.4) is 0 Å². The lowest BCUT2D eigenvalue weighted by molar-refractivity contribution is 0.348. The van der Waals surface area contributed by atoms with E-state index < -0.39 is 0 Å². The van der Waals surface area contributed by atoms with Crippen LogP contribution in [-0.2, 0) is 0 Å². The van der Waals surface area contributed by atoms with Gasteiger partial charge in [0.05, 0.1) is 6.07 Å². The summed E-state index contributed by atoms with van der Waals surface area (Å²) in [6.45, 7) is 0. The average Bonchev–Trinajstić information content (AvgIpc) is 2.67. The molecular weight excluding hydrogens is 309 g/mol. The summed E-state index contributed by atoms with van der Waals surface area (Å²) in [5.41, 5.74) is 1.30. The Bertz CT molecular complexity index is 621. The van der Waals surface area contributed by atoms with Crippen LogP contribution in [0.1, 0.15) is 62.8 Å². The number of nitrogens with zero attached hydrogens (tertiary/aromatic N) is 1. The van der Waals surface area contributed by atoms with E-state index >= 15 is 0 Å². The van der Waals surface area contributed by atoms with Crippen LogP contribution in [0.15, 0.2) is 48.6 Å². The van der Waals surface area contributed by atoms with Crippen LogP contribution < -0.4 is 0 Å². The van der Waals surface area contributed by atoms with Crippen molar-refractivity contribution in [2.75, 3.05) is 0 Å². The van der Waals surface area contributed by atoms with Gasteiger partial charge < -0.3 is 0 Å². The standard InChI is InChI=1S/C23H28FN/c24-23-15-13-22(14-16-23)21-11-9-20(10-12-21)8-7-19-5-3-18(4-6-19)2-1-17-25/h1-2,7-8,13-16,18-21H,3-6,9-12H2/b2-1?,8-7+/t18-,19-,20-,21-. The Labute approximate surface area is 151 Å². The van der Waals surface area contributed by atoms with E-state index in [4.69, 9.17) is 5.26 Å². The highest BCUT2D eigenvalue weighted by molar-refractivity contribution is 5.21. The number of hydrogen-bond donors (Lipinski definition) is 0. The second-order valence-corrected chi connectivity index (χ2v) is 7.71. The zero-order valence-corrected chi connectivity index (χ0v) is 14.9. The Balaban J connectivity index is 1.42. The van der Waals surface area contributed by atoms with Crippen molar-refractivity contribution < 1.29 is 4.39 Å². The van der Waals surface area contributed by atoms with E-state index in [1.807, 2.05) is 12.1 Å². The van der Waals surface area contributed by atoms with E-state index in [1.54, 1.807) is 18.2 Å². The molecule has 1 nitrogen and oxygen atoms in total. The molecule has 2 aliphatic rings. The average molecular weight is 337 g/mol. The van der Waals surface area contributed by atoms with Gasteiger partial charge in [0.15, 0.2) is 0 Å². The summed E-state index contributed by atoms with van der Waals surface area (Å²) < 4.78 is 13.1. The van der Waals surface area contributed by atoms with Gasteiger partial charge in [-0.05, 0) is 92.7 Å². The fraction of sp³-hybridized carbons (Fsp3) is 0.522. The van der Waals surface area contributed by atoms with E-state index in [2.05, 4.69) is 24.3 Å². The maximum atomic E-state index is 13.1. The zero-order chi connectivity index (χ0) is 17.5. The van der Waals surface area contributed by atoms with Crippen molar-refractivity contribution in [3.8, 4) is 6.07 Å². The molecule has 132 valence electrons. The zero-order valence-electron chi connectivity index (χ0n) is 14.9. The summed E-state index contributed by atoms with van der Waals surface area (Å²) in [5, 5.41) is 8.62. The topological polar surface area (TPSA) is 23.8 Å². The summed E-state index contributed by atoms with van der Waals surface area (Å²) in [5.74, 6) is 2.51. The van der Waals surface area contributed by atoms with E-state index in [-0.39, 0.29) is 5.82 Å². The van der Waals surface area contributed by atoms with Crippen molar-refractivity contribution >= 4 is 0 Å². The first kappa shape index (κ1) is 17.9. The molecule has 0 heterocycles. The lowest BCUT2D eigenvalue weighted by atomic mass is 9.77. The van der Waals surface area contributed by atoms with Crippen molar-refractivity contribution in [3.05, 3.63) is 60.0 Å². The van der Waals surface area contributed by atoms with Gasteiger partial charge in [-0.1, -0.05) is 30.4 Å². The largest absolute Gasteiger partial charge is 0.207 e. The predicted molar refractivity (Wildman–Crippen MR) is 100 cm³/mol. The highest BCUT2D eigenvalue weighted by Gasteiger charge is 2.22. The highest BCUT2D eigenvalue weighted by Crippen LogP contribution is 2.37. The second kappa shape index (κ2) is 8.99. The Kier molecular flexibility index (Phi) is 6.45. The smallest absolute Gasteiger partial charge is 0.123 e. The van der Waals surface area contributed by atoms with Crippen LogP contribution in [0.25, 0.3) is 0 Å². The molecule has 2 heteroatoms. The first-order chi connectivity index (χ1) is 12.2. The molecule has 0 aliphatic heterocycles. The molecular formula is C23H28FN. The molecule has 1 aromatic carbocycles. The summed E-state index contributed by atoms with van der Waals surface area (Å²) >= 11 is 0. The normalized spacial score (nSPS) is 30.6. The third-order valence-corrected chi connectivity index (χ3v) is 6.03. The third-order valence-electron chi connectivity index (χ3n) is 6.03. The minimum Gasteiger partial charge on any atom is -0.207 e. The lowest BCUT2D eigenvalue weighted by Gasteiger charge is -2.28. The van der Waals surface area contributed by atoms with Crippen LogP contribution >= 0.6 is 0 Å². The van der Waals surface area contributed by atoms with Gasteiger partial charge >= 0.3 is 0 Å². The summed E-state index contributed by atoms with van der Waals surface area (Å²) in [6, 6.07) is 9.18. The number of hydrogen-bond acceptors (Lipinski definition) is 1. The Morgan fingerprint density at radius 3 is 1.76 bits per heavy atom. The van der Waals surface area contributed by atoms with Gasteiger partial charge in [0, 0.05) is 6.08 Å². The summed E-state index contributed by atoms with van der Waals surface area (Å²) in [6.07, 6.45) is 18.5. The van der Waals surface area contributed by atoms with Crippen molar-refractivity contribution in [1.29, 1.82) is 5.26 Å². The quantitative estimate of drug-likeness (QED) is 0.452. The molecule has 0 saturated heterocycles. The molecule has 0 radical (unpaired) electrons. The molecule has 0 spiro atoms. The fourth-order valence-corrected chi connectivity index (χ4v) is 4.40. The van der Waals surface area contributed by atoms with E-state index in [0.29, 0.717) is 17.8 Å². The maximum absolute atomic E-state index is 13.1. The Morgan fingerprint density at radius 2 is 1.24 bits per heavy atom. The molecule has 0 bridgehead atoms. The molecule has 0 aromatic heterocycles. The van der Waals surface area contributed by atoms with Crippen LogP contribution in [-0.4, -0.2) is 0 Å². The first-order valence-corrected chi connectivity index (χ1v) is 9.74. The van der Waals surface area contributed by atoms with Crippen molar-refractivity contribution in [1.82, 2.24) is 0 Å². The first-order valence-electron chi connectivity index (χ1n) is 9.74. The molecule has 0 unspecified atom stereocenters. The molecule has 2 aliphatic carbocycles. The molecule has 25 heavy (non-hydrogen) atoms. The van der Waals surface area contributed by atoms with Crippen LogP contribution in [0.5, 0.6) is 0 Å². The van der Waals surface area contributed by atoms with Gasteiger partial charge in [0.25, 0.3) is 0 Å². The predicted octanol–water partition coefficient (Wildman–Crippen LogP) is 6.54. The summed E-state index contributed by atoms with van der Waals surface area (Å²) in [7, 11) is 0. The van der Waals surface area contributed by atoms with Crippen molar-refractivity contribution in [3.63, 3.8) is 0 Å². The van der Waals surface area contributed by atoms with Crippen molar-refractivity contribution in [2.45, 2.75) is 57.3 Å². The van der Waals surface area contributed by atoms with Gasteiger partial charge in [-0.3, -0.25) is 0 Å².